The van der Waals surface area contributed by atoms with Gasteiger partial charge in [0, 0.05) is 28.1 Å². The largest absolute Gasteiger partial charge is 0.240 e. The molecule has 0 aliphatic heterocycles. The molecule has 0 atom stereocenters. The van der Waals surface area contributed by atoms with Gasteiger partial charge in [-0.3, -0.25) is 0 Å². The van der Waals surface area contributed by atoms with Crippen molar-refractivity contribution in [2.75, 3.05) is 12.3 Å². The molecule has 0 saturated carbocycles. The first-order valence-corrected chi connectivity index (χ1v) is 11.4. The van der Waals surface area contributed by atoms with Crippen LogP contribution in [-0.4, -0.2) is 20.7 Å². The van der Waals surface area contributed by atoms with E-state index in [4.69, 9.17) is 23.2 Å². The summed E-state index contributed by atoms with van der Waals surface area (Å²) in [4.78, 5) is 0.273. The zero-order valence-electron chi connectivity index (χ0n) is 13.8. The van der Waals surface area contributed by atoms with Gasteiger partial charge < -0.3 is 0 Å². The van der Waals surface area contributed by atoms with E-state index >= 15 is 0 Å². The summed E-state index contributed by atoms with van der Waals surface area (Å²) in [6.45, 7) is 0.335. The number of nitrogens with one attached hydrogen (secondary N) is 1. The van der Waals surface area contributed by atoms with Gasteiger partial charge in [-0.1, -0.05) is 59.6 Å². The molecule has 0 aromatic heterocycles. The molecule has 0 radical (unpaired) electrons. The molecule has 0 bridgehead atoms. The number of thioether (sulfide) groups is 1. The average molecular weight is 426 g/mol. The minimum Gasteiger partial charge on any atom is -0.210 e. The fraction of sp³-hybridized carbons (Fsp3) is 0.158. The zero-order valence-corrected chi connectivity index (χ0v) is 16.9. The molecule has 3 rings (SSSR count). The first-order chi connectivity index (χ1) is 12.5. The normalized spacial score (nSPS) is 11.8. The molecule has 3 aromatic carbocycles. The summed E-state index contributed by atoms with van der Waals surface area (Å²) < 4.78 is 27.6. The molecular formula is C19H17Cl2NO2S2. The summed E-state index contributed by atoms with van der Waals surface area (Å²) in [6, 6.07) is 18.2. The van der Waals surface area contributed by atoms with Gasteiger partial charge in [-0.2, -0.15) is 11.8 Å². The predicted octanol–water partition coefficient (Wildman–Crippen LogP) is 5.36. The minimum atomic E-state index is -3.53. The van der Waals surface area contributed by atoms with Crippen LogP contribution in [0.4, 0.5) is 0 Å². The van der Waals surface area contributed by atoms with Crippen molar-refractivity contribution in [1.82, 2.24) is 4.72 Å². The summed E-state index contributed by atoms with van der Waals surface area (Å²) >= 11 is 13.8. The van der Waals surface area contributed by atoms with Crippen LogP contribution in [0.5, 0.6) is 0 Å². The van der Waals surface area contributed by atoms with E-state index in [1.807, 2.05) is 30.3 Å². The maximum atomic E-state index is 12.5. The molecule has 1 N–H and O–H groups in total. The van der Waals surface area contributed by atoms with Crippen LogP contribution in [0.3, 0.4) is 0 Å². The number of benzene rings is 3. The van der Waals surface area contributed by atoms with E-state index in [9.17, 15) is 8.42 Å². The standard InChI is InChI=1S/C19H17Cl2NO2S2/c20-18-6-3-7-19(21)17(18)13-25-11-10-22-26(23,24)16-9-8-14-4-1-2-5-15(14)12-16/h1-9,12,22H,10-11,13H2. The van der Waals surface area contributed by atoms with Crippen molar-refractivity contribution in [3.63, 3.8) is 0 Å². The summed E-state index contributed by atoms with van der Waals surface area (Å²) in [5.74, 6) is 1.25. The number of rotatable bonds is 7. The van der Waals surface area contributed by atoms with Crippen LogP contribution in [0.1, 0.15) is 5.56 Å². The zero-order chi connectivity index (χ0) is 18.6. The summed E-state index contributed by atoms with van der Waals surface area (Å²) in [5.41, 5.74) is 0.873. The fourth-order valence-electron chi connectivity index (χ4n) is 2.51. The second kappa shape index (κ2) is 8.63. The van der Waals surface area contributed by atoms with Gasteiger partial charge in [0.2, 0.25) is 10.0 Å². The summed E-state index contributed by atoms with van der Waals surface area (Å²) in [5, 5.41) is 3.17. The Kier molecular flexibility index (Phi) is 6.48. The molecule has 0 aliphatic carbocycles. The highest BCUT2D eigenvalue weighted by Crippen LogP contribution is 2.28. The number of hydrogen-bond donors (Lipinski definition) is 1. The first-order valence-electron chi connectivity index (χ1n) is 7.96. The monoisotopic (exact) mass is 425 g/mol. The molecule has 26 heavy (non-hydrogen) atoms. The van der Waals surface area contributed by atoms with E-state index < -0.39 is 10.0 Å². The van der Waals surface area contributed by atoms with Gasteiger partial charge in [0.25, 0.3) is 0 Å². The number of fused-ring (bicyclic) bond motifs is 1. The highest BCUT2D eigenvalue weighted by atomic mass is 35.5. The smallest absolute Gasteiger partial charge is 0.210 e. The molecule has 0 fully saturated rings. The minimum absolute atomic E-state index is 0.273. The third-order valence-corrected chi connectivity index (χ3v) is 7.03. The van der Waals surface area contributed by atoms with Crippen molar-refractivity contribution in [3.05, 3.63) is 76.3 Å². The highest BCUT2D eigenvalue weighted by molar-refractivity contribution is 7.98. The van der Waals surface area contributed by atoms with Gasteiger partial charge >= 0.3 is 0 Å². The van der Waals surface area contributed by atoms with E-state index in [-0.39, 0.29) is 4.90 Å². The molecule has 0 spiro atoms. The lowest BCUT2D eigenvalue weighted by molar-refractivity contribution is 0.584. The second-order valence-corrected chi connectivity index (χ2v) is 9.35. The Morgan fingerprint density at radius 2 is 1.58 bits per heavy atom. The van der Waals surface area contributed by atoms with E-state index in [0.29, 0.717) is 28.1 Å². The molecular weight excluding hydrogens is 409 g/mol. The average Bonchev–Trinajstić information content (AvgIpc) is 2.63. The summed E-state index contributed by atoms with van der Waals surface area (Å²) in [6.07, 6.45) is 0. The van der Waals surface area contributed by atoms with Crippen molar-refractivity contribution < 1.29 is 8.42 Å². The van der Waals surface area contributed by atoms with Gasteiger partial charge in [0.15, 0.2) is 0 Å². The van der Waals surface area contributed by atoms with Crippen molar-refractivity contribution in [1.29, 1.82) is 0 Å². The number of halogens is 2. The Balaban J connectivity index is 1.56. The Bertz CT molecular complexity index is 1000. The Morgan fingerprint density at radius 1 is 0.885 bits per heavy atom. The lowest BCUT2D eigenvalue weighted by Crippen LogP contribution is -2.26. The van der Waals surface area contributed by atoms with Crippen molar-refractivity contribution >= 4 is 55.8 Å². The van der Waals surface area contributed by atoms with Gasteiger partial charge in [0.05, 0.1) is 4.90 Å². The molecule has 136 valence electrons. The molecule has 3 nitrogen and oxygen atoms in total. The van der Waals surface area contributed by atoms with E-state index in [2.05, 4.69) is 4.72 Å². The molecule has 0 heterocycles. The molecule has 3 aromatic rings. The maximum Gasteiger partial charge on any atom is 0.240 e. The van der Waals surface area contributed by atoms with E-state index in [1.54, 1.807) is 42.1 Å². The van der Waals surface area contributed by atoms with Crippen LogP contribution in [0, 0.1) is 0 Å². The fourth-order valence-corrected chi connectivity index (χ4v) is 5.30. The van der Waals surface area contributed by atoms with E-state index in [1.165, 1.54) is 0 Å². The van der Waals surface area contributed by atoms with E-state index in [0.717, 1.165) is 16.3 Å². The maximum absolute atomic E-state index is 12.5. The molecule has 7 heteroatoms. The Labute approximate surface area is 167 Å². The van der Waals surface area contributed by atoms with Crippen molar-refractivity contribution in [3.8, 4) is 0 Å². The van der Waals surface area contributed by atoms with Crippen LogP contribution in [0.25, 0.3) is 10.8 Å². The van der Waals surface area contributed by atoms with Gasteiger partial charge in [-0.15, -0.1) is 0 Å². The van der Waals surface area contributed by atoms with Gasteiger partial charge in [0.1, 0.15) is 0 Å². The lowest BCUT2D eigenvalue weighted by atomic mass is 10.1. The van der Waals surface area contributed by atoms with Gasteiger partial charge in [-0.05, 0) is 40.6 Å². The van der Waals surface area contributed by atoms with Crippen molar-refractivity contribution in [2.45, 2.75) is 10.6 Å². The van der Waals surface area contributed by atoms with Crippen LogP contribution in [0.2, 0.25) is 10.0 Å². The summed E-state index contributed by atoms with van der Waals surface area (Å²) in [7, 11) is -3.53. The third kappa shape index (κ3) is 4.72. The number of sulfonamides is 1. The van der Waals surface area contributed by atoms with Crippen molar-refractivity contribution in [2.24, 2.45) is 0 Å². The quantitative estimate of drug-likeness (QED) is 0.518. The van der Waals surface area contributed by atoms with Gasteiger partial charge in [-0.25, -0.2) is 13.1 Å². The molecule has 0 saturated heterocycles. The lowest BCUT2D eigenvalue weighted by Gasteiger charge is -2.09. The third-order valence-electron chi connectivity index (χ3n) is 3.88. The predicted molar refractivity (Wildman–Crippen MR) is 112 cm³/mol. The van der Waals surface area contributed by atoms with Crippen LogP contribution in [0.15, 0.2) is 65.6 Å². The Morgan fingerprint density at radius 3 is 2.31 bits per heavy atom. The second-order valence-electron chi connectivity index (χ2n) is 5.66. The van der Waals surface area contributed by atoms with Crippen LogP contribution in [-0.2, 0) is 15.8 Å². The highest BCUT2D eigenvalue weighted by Gasteiger charge is 2.14. The molecule has 0 amide bonds. The van der Waals surface area contributed by atoms with Crippen LogP contribution >= 0.6 is 35.0 Å². The number of hydrogen-bond acceptors (Lipinski definition) is 3. The molecule has 0 aliphatic rings. The first kappa shape index (κ1) is 19.5. The Hall–Kier alpha value is -1.24. The topological polar surface area (TPSA) is 46.2 Å². The SMILES string of the molecule is O=S(=O)(NCCSCc1c(Cl)cccc1Cl)c1ccc2ccccc2c1. The van der Waals surface area contributed by atoms with Crippen LogP contribution < -0.4 is 4.72 Å². The molecule has 0 unspecified atom stereocenters.